The number of halogens is 3. The first-order valence-corrected chi connectivity index (χ1v) is 7.17. The van der Waals surface area contributed by atoms with Crippen LogP contribution in [0.3, 0.4) is 0 Å². The minimum absolute atomic E-state index is 0.0811. The fourth-order valence-corrected chi connectivity index (χ4v) is 3.68. The molecule has 0 radical (unpaired) electrons. The zero-order chi connectivity index (χ0) is 13.6. The van der Waals surface area contributed by atoms with Gasteiger partial charge in [0.15, 0.2) is 0 Å². The molecule has 1 aromatic carbocycles. The van der Waals surface area contributed by atoms with Crippen LogP contribution in [0.4, 0.5) is 8.78 Å². The number of benzene rings is 1. The second-order valence-electron chi connectivity index (χ2n) is 5.35. The maximum Gasteiger partial charge on any atom is 0.255 e. The highest BCUT2D eigenvalue weighted by Crippen LogP contribution is 2.61. The van der Waals surface area contributed by atoms with Crippen LogP contribution in [-0.4, -0.2) is 18.9 Å². The van der Waals surface area contributed by atoms with Gasteiger partial charge in [0.25, 0.3) is 6.43 Å². The zero-order valence-corrected chi connectivity index (χ0v) is 11.8. The number of amides is 1. The Labute approximate surface area is 118 Å². The van der Waals surface area contributed by atoms with E-state index in [0.717, 1.165) is 23.7 Å². The van der Waals surface area contributed by atoms with Crippen molar-refractivity contribution in [3.63, 3.8) is 0 Å². The van der Waals surface area contributed by atoms with Gasteiger partial charge in [-0.3, -0.25) is 4.79 Å². The molecule has 102 valence electrons. The summed E-state index contributed by atoms with van der Waals surface area (Å²) < 4.78 is 25.3. The molecule has 1 spiro atoms. The van der Waals surface area contributed by atoms with Crippen molar-refractivity contribution in [1.29, 1.82) is 0 Å². The molecule has 19 heavy (non-hydrogen) atoms. The Hall–Kier alpha value is -0.970. The van der Waals surface area contributed by atoms with Gasteiger partial charge in [0, 0.05) is 15.8 Å². The lowest BCUT2D eigenvalue weighted by Crippen LogP contribution is -2.31. The van der Waals surface area contributed by atoms with Crippen molar-refractivity contribution in [2.75, 3.05) is 6.54 Å². The van der Waals surface area contributed by atoms with E-state index in [4.69, 9.17) is 0 Å². The van der Waals surface area contributed by atoms with Crippen molar-refractivity contribution in [1.82, 2.24) is 5.32 Å². The van der Waals surface area contributed by atoms with Crippen LogP contribution in [-0.2, 0) is 16.6 Å². The highest BCUT2D eigenvalue weighted by Gasteiger charge is 2.61. The first-order valence-electron chi connectivity index (χ1n) is 6.38. The molecular formula is C14H14BrF2NO. The molecule has 1 amide bonds. The van der Waals surface area contributed by atoms with Crippen LogP contribution in [0, 0.1) is 5.92 Å². The van der Waals surface area contributed by atoms with Crippen molar-refractivity contribution >= 4 is 21.8 Å². The molecule has 2 aliphatic carbocycles. The molecule has 5 heteroatoms. The van der Waals surface area contributed by atoms with E-state index in [2.05, 4.69) is 33.4 Å². The van der Waals surface area contributed by atoms with Crippen LogP contribution >= 0.6 is 15.9 Å². The van der Waals surface area contributed by atoms with Crippen molar-refractivity contribution < 1.29 is 13.6 Å². The molecule has 2 atom stereocenters. The normalized spacial score (nSPS) is 27.7. The van der Waals surface area contributed by atoms with E-state index in [-0.39, 0.29) is 17.2 Å². The third-order valence-corrected chi connectivity index (χ3v) is 4.76. The summed E-state index contributed by atoms with van der Waals surface area (Å²) in [6, 6.07) is 6.14. The maximum absolute atomic E-state index is 12.1. The van der Waals surface area contributed by atoms with Gasteiger partial charge in [0.05, 0.1) is 6.54 Å². The average molecular weight is 330 g/mol. The van der Waals surface area contributed by atoms with Crippen LogP contribution in [0.2, 0.25) is 0 Å². The second kappa shape index (κ2) is 4.54. The van der Waals surface area contributed by atoms with E-state index in [1.807, 2.05) is 6.07 Å². The smallest absolute Gasteiger partial charge is 0.255 e. The number of fused-ring (bicyclic) bond motifs is 2. The Morgan fingerprint density at radius 2 is 2.32 bits per heavy atom. The van der Waals surface area contributed by atoms with Crippen LogP contribution < -0.4 is 5.32 Å². The summed E-state index contributed by atoms with van der Waals surface area (Å²) >= 11 is 3.45. The van der Waals surface area contributed by atoms with E-state index in [0.29, 0.717) is 0 Å². The minimum Gasteiger partial charge on any atom is -0.350 e. The molecule has 0 saturated heterocycles. The molecule has 0 aromatic heterocycles. The van der Waals surface area contributed by atoms with Crippen LogP contribution in [0.25, 0.3) is 0 Å². The molecule has 0 bridgehead atoms. The number of alkyl halides is 2. The third-order valence-electron chi connectivity index (χ3n) is 4.27. The highest BCUT2D eigenvalue weighted by atomic mass is 79.9. The Morgan fingerprint density at radius 3 is 3.05 bits per heavy atom. The number of carbonyl (C=O) groups is 1. The number of carbonyl (C=O) groups excluding carboxylic acids is 1. The van der Waals surface area contributed by atoms with Gasteiger partial charge in [-0.1, -0.05) is 22.0 Å². The van der Waals surface area contributed by atoms with Crippen molar-refractivity contribution in [3.8, 4) is 0 Å². The Balaban J connectivity index is 1.74. The number of hydrogen-bond donors (Lipinski definition) is 1. The van der Waals surface area contributed by atoms with Crippen LogP contribution in [0.15, 0.2) is 22.7 Å². The summed E-state index contributed by atoms with van der Waals surface area (Å²) in [5, 5.41) is 2.34. The van der Waals surface area contributed by atoms with Crippen molar-refractivity contribution in [2.24, 2.45) is 5.92 Å². The molecule has 0 heterocycles. The predicted molar refractivity (Wildman–Crippen MR) is 71.3 cm³/mol. The van der Waals surface area contributed by atoms with Gasteiger partial charge in [-0.25, -0.2) is 8.78 Å². The SMILES string of the molecule is O=C(NCC(F)F)C1CC12CCc1cc(Br)ccc12. The van der Waals surface area contributed by atoms with Gasteiger partial charge in [0.1, 0.15) is 0 Å². The molecule has 1 aromatic rings. The maximum atomic E-state index is 12.1. The largest absolute Gasteiger partial charge is 0.350 e. The minimum atomic E-state index is -2.48. The Morgan fingerprint density at radius 1 is 1.53 bits per heavy atom. The fraction of sp³-hybridized carbons (Fsp3) is 0.500. The lowest BCUT2D eigenvalue weighted by Gasteiger charge is -2.12. The highest BCUT2D eigenvalue weighted by molar-refractivity contribution is 9.10. The van der Waals surface area contributed by atoms with Gasteiger partial charge in [-0.05, 0) is 42.5 Å². The van der Waals surface area contributed by atoms with Gasteiger partial charge >= 0.3 is 0 Å². The first-order chi connectivity index (χ1) is 9.03. The van der Waals surface area contributed by atoms with E-state index in [9.17, 15) is 13.6 Å². The Kier molecular flexibility index (Phi) is 3.12. The molecule has 3 rings (SSSR count). The number of rotatable bonds is 3. The lowest BCUT2D eigenvalue weighted by atomic mass is 9.95. The lowest BCUT2D eigenvalue weighted by molar-refractivity contribution is -0.123. The van der Waals surface area contributed by atoms with Crippen LogP contribution in [0.1, 0.15) is 24.0 Å². The topological polar surface area (TPSA) is 29.1 Å². The van der Waals surface area contributed by atoms with Gasteiger partial charge < -0.3 is 5.32 Å². The molecular weight excluding hydrogens is 316 g/mol. The Bertz CT molecular complexity index is 534. The summed E-state index contributed by atoms with van der Waals surface area (Å²) in [4.78, 5) is 11.9. The fourth-order valence-electron chi connectivity index (χ4n) is 3.27. The summed E-state index contributed by atoms with van der Waals surface area (Å²) in [5.41, 5.74) is 2.42. The number of nitrogens with one attached hydrogen (secondary N) is 1. The van der Waals surface area contributed by atoms with E-state index >= 15 is 0 Å². The summed E-state index contributed by atoms with van der Waals surface area (Å²) in [6.45, 7) is -0.543. The number of aryl methyl sites for hydroxylation is 1. The molecule has 2 nitrogen and oxygen atoms in total. The van der Waals surface area contributed by atoms with Crippen molar-refractivity contribution in [2.45, 2.75) is 31.1 Å². The van der Waals surface area contributed by atoms with Gasteiger partial charge in [-0.15, -0.1) is 0 Å². The summed E-state index contributed by atoms with van der Waals surface area (Å²) in [7, 11) is 0. The van der Waals surface area contributed by atoms with Crippen LogP contribution in [0.5, 0.6) is 0 Å². The third kappa shape index (κ3) is 2.18. The quantitative estimate of drug-likeness (QED) is 0.907. The van der Waals surface area contributed by atoms with Crippen molar-refractivity contribution in [3.05, 3.63) is 33.8 Å². The average Bonchev–Trinajstić information content (AvgIpc) is 2.98. The molecule has 2 aliphatic rings. The van der Waals surface area contributed by atoms with E-state index < -0.39 is 13.0 Å². The molecule has 1 N–H and O–H groups in total. The molecule has 2 unspecified atom stereocenters. The van der Waals surface area contributed by atoms with E-state index in [1.165, 1.54) is 11.1 Å². The van der Waals surface area contributed by atoms with E-state index in [1.54, 1.807) is 0 Å². The monoisotopic (exact) mass is 329 g/mol. The number of hydrogen-bond acceptors (Lipinski definition) is 1. The molecule has 1 fully saturated rings. The standard InChI is InChI=1S/C14H14BrF2NO/c15-9-1-2-10-8(5-9)3-4-14(10)6-11(14)13(19)18-7-12(16)17/h1-2,5,11-12H,3-4,6-7H2,(H,18,19). The summed E-state index contributed by atoms with van der Waals surface area (Å²) in [6.07, 6.45) is 0.223. The van der Waals surface area contributed by atoms with Gasteiger partial charge in [-0.2, -0.15) is 0 Å². The molecule has 1 saturated carbocycles. The summed E-state index contributed by atoms with van der Waals surface area (Å²) in [5.74, 6) is -0.357. The first kappa shape index (κ1) is 13.0. The second-order valence-corrected chi connectivity index (χ2v) is 6.27. The predicted octanol–water partition coefficient (Wildman–Crippen LogP) is 3.03. The zero-order valence-electron chi connectivity index (χ0n) is 10.3. The van der Waals surface area contributed by atoms with Gasteiger partial charge in [0.2, 0.25) is 5.91 Å². The molecule has 0 aliphatic heterocycles.